The molecule has 7 heteroatoms. The van der Waals surface area contributed by atoms with Crippen molar-refractivity contribution in [2.75, 3.05) is 0 Å². The highest BCUT2D eigenvalue weighted by molar-refractivity contribution is 7.98. The highest BCUT2D eigenvalue weighted by atomic mass is 32.2. The zero-order valence-electron chi connectivity index (χ0n) is 13.6. The Morgan fingerprint density at radius 3 is 2.65 bits per heavy atom. The number of benzene rings is 2. The van der Waals surface area contributed by atoms with Gasteiger partial charge in [-0.1, -0.05) is 18.2 Å². The molecule has 5 nitrogen and oxygen atoms in total. The topological polar surface area (TPSA) is 78.0 Å². The van der Waals surface area contributed by atoms with Crippen LogP contribution in [0.15, 0.2) is 53.4 Å². The lowest BCUT2D eigenvalue weighted by molar-refractivity contribution is -0.123. The highest BCUT2D eigenvalue weighted by Gasteiger charge is 2.31. The van der Waals surface area contributed by atoms with Crippen molar-refractivity contribution in [3.63, 3.8) is 0 Å². The van der Waals surface area contributed by atoms with Gasteiger partial charge in [-0.2, -0.15) is 5.10 Å². The number of nitrogens with two attached hydrogens (primary N) is 1. The first-order valence-electron chi connectivity index (χ1n) is 7.94. The SMILES string of the molecule is NC(=O)C(C=O)c1nn(-c2ccc(F)cc2)c2c1CSc1ccccc1-2. The van der Waals surface area contributed by atoms with Crippen LogP contribution >= 0.6 is 11.8 Å². The number of fused-ring (bicyclic) bond motifs is 3. The predicted octanol–water partition coefficient (Wildman–Crippen LogP) is 3.05. The molecular formula is C19H14FN3O2S. The van der Waals surface area contributed by atoms with Crippen molar-refractivity contribution in [1.82, 2.24) is 9.78 Å². The molecule has 4 rings (SSSR count). The van der Waals surface area contributed by atoms with Crippen molar-refractivity contribution in [1.29, 1.82) is 0 Å². The third-order valence-corrected chi connectivity index (χ3v) is 5.44. The number of hydrogen-bond acceptors (Lipinski definition) is 4. The lowest BCUT2D eigenvalue weighted by Crippen LogP contribution is -2.24. The number of rotatable bonds is 4. The van der Waals surface area contributed by atoms with Gasteiger partial charge >= 0.3 is 0 Å². The average Bonchev–Trinajstić information content (AvgIpc) is 3.02. The summed E-state index contributed by atoms with van der Waals surface area (Å²) in [5, 5.41) is 4.53. The van der Waals surface area contributed by atoms with Crippen LogP contribution < -0.4 is 5.73 Å². The van der Waals surface area contributed by atoms with Gasteiger partial charge in [0.05, 0.1) is 17.1 Å². The Morgan fingerprint density at radius 2 is 1.96 bits per heavy atom. The quantitative estimate of drug-likeness (QED) is 0.568. The summed E-state index contributed by atoms with van der Waals surface area (Å²) in [5.74, 6) is -1.64. The van der Waals surface area contributed by atoms with E-state index in [0.717, 1.165) is 21.7 Å². The van der Waals surface area contributed by atoms with Crippen molar-refractivity contribution < 1.29 is 14.0 Å². The second-order valence-electron chi connectivity index (χ2n) is 5.90. The van der Waals surface area contributed by atoms with Gasteiger partial charge in [-0.05, 0) is 30.3 Å². The number of nitrogens with zero attached hydrogens (tertiary/aromatic N) is 2. The molecule has 26 heavy (non-hydrogen) atoms. The average molecular weight is 367 g/mol. The highest BCUT2D eigenvalue weighted by Crippen LogP contribution is 2.44. The lowest BCUT2D eigenvalue weighted by Gasteiger charge is -2.18. The van der Waals surface area contributed by atoms with Gasteiger partial charge in [0.2, 0.25) is 5.91 Å². The van der Waals surface area contributed by atoms with Gasteiger partial charge in [-0.3, -0.25) is 4.79 Å². The Bertz CT molecular complexity index is 1010. The van der Waals surface area contributed by atoms with E-state index in [2.05, 4.69) is 5.10 Å². The number of primary amides is 1. The maximum atomic E-state index is 13.3. The molecule has 130 valence electrons. The van der Waals surface area contributed by atoms with Gasteiger partial charge in [-0.15, -0.1) is 11.8 Å². The number of carbonyl (C=O) groups excluding carboxylic acids is 2. The van der Waals surface area contributed by atoms with Crippen LogP contribution in [0, 0.1) is 5.82 Å². The van der Waals surface area contributed by atoms with Gasteiger partial charge < -0.3 is 10.5 Å². The summed E-state index contributed by atoms with van der Waals surface area (Å²) >= 11 is 1.61. The summed E-state index contributed by atoms with van der Waals surface area (Å²) in [7, 11) is 0. The van der Waals surface area contributed by atoms with Crippen LogP contribution in [0.2, 0.25) is 0 Å². The summed E-state index contributed by atoms with van der Waals surface area (Å²) in [6.45, 7) is 0. The molecule has 2 heterocycles. The molecule has 0 saturated carbocycles. The largest absolute Gasteiger partial charge is 0.369 e. The fraction of sp³-hybridized carbons (Fsp3) is 0.105. The van der Waals surface area contributed by atoms with Crippen molar-refractivity contribution >= 4 is 24.0 Å². The van der Waals surface area contributed by atoms with Crippen LogP contribution in [0.5, 0.6) is 0 Å². The molecule has 0 aliphatic carbocycles. The molecule has 0 radical (unpaired) electrons. The van der Waals surface area contributed by atoms with Crippen molar-refractivity contribution in [2.45, 2.75) is 16.6 Å². The minimum atomic E-state index is -1.11. The zero-order valence-corrected chi connectivity index (χ0v) is 14.4. The number of hydrogen-bond donors (Lipinski definition) is 1. The van der Waals surface area contributed by atoms with Crippen molar-refractivity contribution in [3.05, 3.63) is 65.6 Å². The van der Waals surface area contributed by atoms with E-state index in [1.54, 1.807) is 28.6 Å². The number of carbonyl (C=O) groups is 2. The fourth-order valence-electron chi connectivity index (χ4n) is 3.11. The molecule has 1 atom stereocenters. The fourth-order valence-corrected chi connectivity index (χ4v) is 4.19. The van der Waals surface area contributed by atoms with E-state index in [4.69, 9.17) is 5.73 Å². The molecule has 0 bridgehead atoms. The van der Waals surface area contributed by atoms with Gasteiger partial charge in [0, 0.05) is 21.8 Å². The van der Waals surface area contributed by atoms with Crippen molar-refractivity contribution in [2.24, 2.45) is 5.73 Å². The Morgan fingerprint density at radius 1 is 1.23 bits per heavy atom. The van der Waals surface area contributed by atoms with E-state index in [1.165, 1.54) is 12.1 Å². The Kier molecular flexibility index (Phi) is 4.08. The van der Waals surface area contributed by atoms with E-state index >= 15 is 0 Å². The monoisotopic (exact) mass is 367 g/mol. The molecule has 0 saturated heterocycles. The summed E-state index contributed by atoms with van der Waals surface area (Å²) in [5.41, 5.74) is 8.95. The summed E-state index contributed by atoms with van der Waals surface area (Å²) in [4.78, 5) is 24.3. The number of amides is 1. The number of thioether (sulfide) groups is 1. The molecule has 3 aromatic rings. The molecule has 1 amide bonds. The van der Waals surface area contributed by atoms with Crippen LogP contribution in [0.25, 0.3) is 16.9 Å². The van der Waals surface area contributed by atoms with Gasteiger partial charge in [-0.25, -0.2) is 9.07 Å². The van der Waals surface area contributed by atoms with E-state index in [0.29, 0.717) is 23.4 Å². The lowest BCUT2D eigenvalue weighted by atomic mass is 9.99. The molecule has 1 unspecified atom stereocenters. The molecule has 0 fully saturated rings. The molecule has 2 aromatic carbocycles. The van der Waals surface area contributed by atoms with Gasteiger partial charge in [0.1, 0.15) is 18.0 Å². The molecule has 0 spiro atoms. The summed E-state index contributed by atoms with van der Waals surface area (Å²) < 4.78 is 15.0. The second kappa shape index (κ2) is 6.42. The van der Waals surface area contributed by atoms with Gasteiger partial charge in [0.25, 0.3) is 0 Å². The molecule has 1 aliphatic heterocycles. The molecule has 1 aromatic heterocycles. The third-order valence-electron chi connectivity index (χ3n) is 4.34. The first-order chi connectivity index (χ1) is 12.6. The normalized spacial score (nSPS) is 13.6. The Hall–Kier alpha value is -2.93. The molecule has 2 N–H and O–H groups in total. The van der Waals surface area contributed by atoms with Crippen LogP contribution in [-0.4, -0.2) is 22.0 Å². The summed E-state index contributed by atoms with van der Waals surface area (Å²) in [6, 6.07) is 13.8. The smallest absolute Gasteiger partial charge is 0.233 e. The maximum absolute atomic E-state index is 13.3. The zero-order chi connectivity index (χ0) is 18.3. The maximum Gasteiger partial charge on any atom is 0.233 e. The standard InChI is InChI=1S/C19H14FN3O2S/c20-11-5-7-12(8-6-11)23-18-13-3-1-2-4-16(13)26-10-15(18)17(22-23)14(9-24)19(21)25/h1-9,14H,10H2,(H2,21,25). The van der Waals surface area contributed by atoms with E-state index in [1.807, 2.05) is 24.3 Å². The summed E-state index contributed by atoms with van der Waals surface area (Å²) in [6.07, 6.45) is 0.519. The van der Waals surface area contributed by atoms with Crippen molar-refractivity contribution in [3.8, 4) is 16.9 Å². The number of aldehydes is 1. The van der Waals surface area contributed by atoms with E-state index < -0.39 is 11.8 Å². The Balaban J connectivity index is 2.00. The Labute approximate surface area is 153 Å². The predicted molar refractivity (Wildman–Crippen MR) is 96.5 cm³/mol. The number of halogens is 1. The molecule has 1 aliphatic rings. The molecular weight excluding hydrogens is 353 g/mol. The van der Waals surface area contributed by atoms with E-state index in [-0.39, 0.29) is 5.82 Å². The van der Waals surface area contributed by atoms with E-state index in [9.17, 15) is 14.0 Å². The van der Waals surface area contributed by atoms with Crippen LogP contribution in [0.1, 0.15) is 17.2 Å². The minimum Gasteiger partial charge on any atom is -0.369 e. The number of aromatic nitrogens is 2. The second-order valence-corrected chi connectivity index (χ2v) is 6.92. The third kappa shape index (κ3) is 2.61. The van der Waals surface area contributed by atoms with Crippen LogP contribution in [0.3, 0.4) is 0 Å². The van der Waals surface area contributed by atoms with Crippen LogP contribution in [0.4, 0.5) is 4.39 Å². The first-order valence-corrected chi connectivity index (χ1v) is 8.93. The first kappa shape index (κ1) is 16.5. The van der Waals surface area contributed by atoms with Crippen LogP contribution in [-0.2, 0) is 15.3 Å². The minimum absolute atomic E-state index is 0.353. The van der Waals surface area contributed by atoms with Gasteiger partial charge in [0.15, 0.2) is 0 Å².